The Hall–Kier alpha value is -3.43. The number of rotatable bonds is 5. The first-order valence-corrected chi connectivity index (χ1v) is 12.1. The molecule has 0 radical (unpaired) electrons. The molecular weight excluding hydrogens is 454 g/mol. The third-order valence-corrected chi connectivity index (χ3v) is 7.41. The van der Waals surface area contributed by atoms with Crippen LogP contribution in [0.1, 0.15) is 50.9 Å². The zero-order valence-electron chi connectivity index (χ0n) is 18.0. The highest BCUT2D eigenvalue weighted by Crippen LogP contribution is 2.39. The smallest absolute Gasteiger partial charge is 0.256 e. The Morgan fingerprint density at radius 3 is 2.82 bits per heavy atom. The van der Waals surface area contributed by atoms with Gasteiger partial charge in [0.05, 0.1) is 24.0 Å². The topological polar surface area (TPSA) is 88.9 Å². The quantitative estimate of drug-likeness (QED) is 0.419. The largest absolute Gasteiger partial charge is 0.347 e. The first-order chi connectivity index (χ1) is 16.0. The van der Waals surface area contributed by atoms with E-state index in [1.807, 2.05) is 36.7 Å². The molecule has 0 bridgehead atoms. The fourth-order valence-corrected chi connectivity index (χ4v) is 5.20. The minimum absolute atomic E-state index is 0.175. The Morgan fingerprint density at radius 2 is 2.00 bits per heavy atom. The molecule has 9 heteroatoms. The van der Waals surface area contributed by atoms with Gasteiger partial charge < -0.3 is 10.6 Å². The standard InChI is InChI=1S/C24H21N5O2S2/c1-14(2)16-10-27-29(13-16)24-26-12-17(32-24)11-25-22(30)15-7-8-21-19(9-15)28-23(31)18-5-3-4-6-20(18)33-21/h3-10,12-14H,11H2,1-2H3,(H,25,30)(H,28,31). The third kappa shape index (κ3) is 4.42. The highest BCUT2D eigenvalue weighted by atomic mass is 32.2. The van der Waals surface area contributed by atoms with Crippen LogP contribution in [0.2, 0.25) is 0 Å². The van der Waals surface area contributed by atoms with Crippen molar-refractivity contribution in [2.45, 2.75) is 36.1 Å². The average molecular weight is 476 g/mol. The van der Waals surface area contributed by atoms with E-state index in [2.05, 4.69) is 34.6 Å². The number of carbonyl (C=O) groups excluding carboxylic acids is 2. The molecule has 1 aliphatic heterocycles. The summed E-state index contributed by atoms with van der Waals surface area (Å²) < 4.78 is 1.76. The van der Waals surface area contributed by atoms with E-state index in [0.29, 0.717) is 29.3 Å². The van der Waals surface area contributed by atoms with Gasteiger partial charge in [0.25, 0.3) is 11.8 Å². The van der Waals surface area contributed by atoms with Crippen LogP contribution in [-0.4, -0.2) is 26.6 Å². The maximum Gasteiger partial charge on any atom is 0.256 e. The SMILES string of the molecule is CC(C)c1cnn(-c2ncc(CNC(=O)c3ccc4c(c3)NC(=O)c3ccccc3S4)s2)c1. The molecule has 0 spiro atoms. The predicted octanol–water partition coefficient (Wildman–Crippen LogP) is 5.10. The monoisotopic (exact) mass is 475 g/mol. The minimum atomic E-state index is -0.213. The highest BCUT2D eigenvalue weighted by Gasteiger charge is 2.20. The summed E-state index contributed by atoms with van der Waals surface area (Å²) in [6.07, 6.45) is 5.58. The molecule has 0 saturated heterocycles. The molecule has 0 unspecified atom stereocenters. The molecule has 2 N–H and O–H groups in total. The molecule has 0 aliphatic carbocycles. The summed E-state index contributed by atoms with van der Waals surface area (Å²) in [5.41, 5.74) is 2.90. The number of fused-ring (bicyclic) bond motifs is 2. The molecule has 5 rings (SSSR count). The molecule has 2 aromatic carbocycles. The van der Waals surface area contributed by atoms with Crippen molar-refractivity contribution in [1.29, 1.82) is 0 Å². The Balaban J connectivity index is 1.27. The molecule has 0 saturated carbocycles. The van der Waals surface area contributed by atoms with Gasteiger partial charge in [0.15, 0.2) is 0 Å². The van der Waals surface area contributed by atoms with Crippen LogP contribution >= 0.6 is 23.1 Å². The van der Waals surface area contributed by atoms with Gasteiger partial charge in [0.2, 0.25) is 5.13 Å². The second-order valence-electron chi connectivity index (χ2n) is 7.93. The molecule has 1 aliphatic rings. The van der Waals surface area contributed by atoms with E-state index < -0.39 is 0 Å². The zero-order chi connectivity index (χ0) is 22.9. The summed E-state index contributed by atoms with van der Waals surface area (Å²) in [5.74, 6) is 0.0107. The second kappa shape index (κ2) is 8.84. The van der Waals surface area contributed by atoms with E-state index in [-0.39, 0.29) is 11.8 Å². The predicted molar refractivity (Wildman–Crippen MR) is 129 cm³/mol. The summed E-state index contributed by atoms with van der Waals surface area (Å²) >= 11 is 2.99. The molecule has 33 heavy (non-hydrogen) atoms. The number of thiazole rings is 1. The zero-order valence-corrected chi connectivity index (χ0v) is 19.7. The van der Waals surface area contributed by atoms with E-state index in [1.165, 1.54) is 23.1 Å². The maximum atomic E-state index is 12.8. The van der Waals surface area contributed by atoms with Crippen molar-refractivity contribution in [3.8, 4) is 5.13 Å². The molecule has 0 fully saturated rings. The van der Waals surface area contributed by atoms with Crippen LogP contribution < -0.4 is 10.6 Å². The fourth-order valence-electron chi connectivity index (χ4n) is 3.40. The van der Waals surface area contributed by atoms with Crippen LogP contribution in [0.3, 0.4) is 0 Å². The van der Waals surface area contributed by atoms with Gasteiger partial charge in [-0.2, -0.15) is 5.10 Å². The van der Waals surface area contributed by atoms with E-state index in [0.717, 1.165) is 25.4 Å². The highest BCUT2D eigenvalue weighted by molar-refractivity contribution is 7.99. The van der Waals surface area contributed by atoms with Gasteiger partial charge in [-0.05, 0) is 41.8 Å². The van der Waals surface area contributed by atoms with Crippen molar-refractivity contribution in [1.82, 2.24) is 20.1 Å². The number of amides is 2. The number of carbonyl (C=O) groups is 2. The van der Waals surface area contributed by atoms with Crippen molar-refractivity contribution in [2.75, 3.05) is 5.32 Å². The number of aromatic nitrogens is 3. The number of hydrogen-bond acceptors (Lipinski definition) is 6. The molecule has 2 amide bonds. The summed E-state index contributed by atoms with van der Waals surface area (Å²) in [6, 6.07) is 12.8. The van der Waals surface area contributed by atoms with Crippen LogP contribution in [0.25, 0.3) is 5.13 Å². The summed E-state index contributed by atoms with van der Waals surface area (Å²) in [5, 5.41) is 11.0. The molecule has 7 nitrogen and oxygen atoms in total. The minimum Gasteiger partial charge on any atom is -0.347 e. The van der Waals surface area contributed by atoms with Crippen molar-refractivity contribution < 1.29 is 9.59 Å². The lowest BCUT2D eigenvalue weighted by molar-refractivity contribution is 0.0949. The van der Waals surface area contributed by atoms with Gasteiger partial charge in [-0.1, -0.05) is 49.1 Å². The number of hydrogen-bond donors (Lipinski definition) is 2. The van der Waals surface area contributed by atoms with Gasteiger partial charge in [-0.15, -0.1) is 0 Å². The van der Waals surface area contributed by atoms with Gasteiger partial charge in [0.1, 0.15) is 0 Å². The normalized spacial score (nSPS) is 12.6. The molecule has 166 valence electrons. The van der Waals surface area contributed by atoms with E-state index in [4.69, 9.17) is 0 Å². The lowest BCUT2D eigenvalue weighted by Gasteiger charge is -2.09. The van der Waals surface area contributed by atoms with Gasteiger partial charge in [0, 0.05) is 32.6 Å². The second-order valence-corrected chi connectivity index (χ2v) is 10.1. The molecule has 2 aromatic heterocycles. The van der Waals surface area contributed by atoms with Gasteiger partial charge >= 0.3 is 0 Å². The average Bonchev–Trinajstić information content (AvgIpc) is 3.46. The Kier molecular flexibility index (Phi) is 5.74. The Labute approximate surface area is 199 Å². The van der Waals surface area contributed by atoms with Gasteiger partial charge in [-0.25, -0.2) is 9.67 Å². The van der Waals surface area contributed by atoms with E-state index in [9.17, 15) is 9.59 Å². The molecule has 3 heterocycles. The van der Waals surface area contributed by atoms with Crippen LogP contribution in [0.4, 0.5) is 5.69 Å². The maximum absolute atomic E-state index is 12.8. The first-order valence-electron chi connectivity index (χ1n) is 10.5. The first kappa shape index (κ1) is 21.4. The molecule has 0 atom stereocenters. The number of nitrogens with one attached hydrogen (secondary N) is 2. The van der Waals surface area contributed by atoms with Crippen molar-refractivity contribution in [3.63, 3.8) is 0 Å². The fraction of sp³-hybridized carbons (Fsp3) is 0.167. The Morgan fingerprint density at radius 1 is 1.15 bits per heavy atom. The summed E-state index contributed by atoms with van der Waals surface area (Å²) in [4.78, 5) is 32.5. The lowest BCUT2D eigenvalue weighted by Crippen LogP contribution is -2.22. The Bertz CT molecular complexity index is 1360. The van der Waals surface area contributed by atoms with E-state index in [1.54, 1.807) is 29.1 Å². The summed E-state index contributed by atoms with van der Waals surface area (Å²) in [7, 11) is 0. The van der Waals surface area contributed by atoms with Crippen LogP contribution in [0.15, 0.2) is 70.8 Å². The molecule has 4 aromatic rings. The number of nitrogens with zero attached hydrogens (tertiary/aromatic N) is 3. The van der Waals surface area contributed by atoms with Crippen molar-refractivity contribution >= 4 is 40.6 Å². The van der Waals surface area contributed by atoms with Crippen molar-refractivity contribution in [2.24, 2.45) is 0 Å². The van der Waals surface area contributed by atoms with Gasteiger partial charge in [-0.3, -0.25) is 9.59 Å². The van der Waals surface area contributed by atoms with E-state index >= 15 is 0 Å². The number of anilines is 1. The van der Waals surface area contributed by atoms with Crippen LogP contribution in [-0.2, 0) is 6.54 Å². The summed E-state index contributed by atoms with van der Waals surface area (Å²) in [6.45, 7) is 4.60. The molecular formula is C24H21N5O2S2. The number of benzene rings is 2. The van der Waals surface area contributed by atoms with Crippen LogP contribution in [0.5, 0.6) is 0 Å². The third-order valence-electron chi connectivity index (χ3n) is 5.27. The lowest BCUT2D eigenvalue weighted by atomic mass is 10.1. The van der Waals surface area contributed by atoms with Crippen LogP contribution in [0, 0.1) is 0 Å². The van der Waals surface area contributed by atoms with Crippen molar-refractivity contribution in [3.05, 3.63) is 82.6 Å².